The van der Waals surface area contributed by atoms with E-state index in [1.165, 1.54) is 0 Å². The fraction of sp³-hybridized carbons (Fsp3) is 0.389. The summed E-state index contributed by atoms with van der Waals surface area (Å²) in [5.74, 6) is -1.55. The number of rotatable bonds is 11. The van der Waals surface area contributed by atoms with Crippen molar-refractivity contribution in [3.63, 3.8) is 0 Å². The van der Waals surface area contributed by atoms with Crippen molar-refractivity contribution in [1.82, 2.24) is 15.0 Å². The van der Waals surface area contributed by atoms with Crippen molar-refractivity contribution >= 4 is 28.6 Å². The number of hydrogen-bond acceptors (Lipinski definition) is 9. The second-order valence-electron chi connectivity index (χ2n) is 13.1. The third kappa shape index (κ3) is 8.24. The highest BCUT2D eigenvalue weighted by molar-refractivity contribution is 6.08. The van der Waals surface area contributed by atoms with E-state index in [9.17, 15) is 19.2 Å². The van der Waals surface area contributed by atoms with E-state index in [1.807, 2.05) is 31.2 Å². The molecule has 0 atom stereocenters. The number of benzene rings is 3. The summed E-state index contributed by atoms with van der Waals surface area (Å²) < 4.78 is 18.1. The number of esters is 2. The molecule has 0 radical (unpaired) electrons. The van der Waals surface area contributed by atoms with Crippen LogP contribution >= 0.6 is 0 Å². The number of nitrogens with zero attached hydrogens (tertiary/aromatic N) is 3. The van der Waals surface area contributed by atoms with Crippen molar-refractivity contribution in [2.75, 3.05) is 6.61 Å². The number of carbonyl (C=O) groups excluding carboxylic acids is 3. The molecule has 0 aliphatic heterocycles. The molecule has 4 rings (SSSR count). The summed E-state index contributed by atoms with van der Waals surface area (Å²) in [4.78, 5) is 55.1. The molecule has 0 spiro atoms. The summed E-state index contributed by atoms with van der Waals surface area (Å²) in [6.07, 6.45) is -0.839. The lowest BCUT2D eigenvalue weighted by Crippen LogP contribution is -2.49. The lowest BCUT2D eigenvalue weighted by Gasteiger charge is -2.34. The van der Waals surface area contributed by atoms with Crippen LogP contribution in [0, 0.1) is 5.41 Å². The van der Waals surface area contributed by atoms with Gasteiger partial charge < -0.3 is 14.2 Å². The highest BCUT2D eigenvalue weighted by Crippen LogP contribution is 2.36. The first-order valence-corrected chi connectivity index (χ1v) is 15.3. The van der Waals surface area contributed by atoms with Gasteiger partial charge in [0.2, 0.25) is 0 Å². The molecule has 10 nitrogen and oxygen atoms in total. The first kappa shape index (κ1) is 34.0. The predicted molar refractivity (Wildman–Crippen MR) is 175 cm³/mol. The molecule has 0 saturated carbocycles. The molecule has 0 saturated heterocycles. The maximum absolute atomic E-state index is 14.0. The minimum atomic E-state index is -2.09. The summed E-state index contributed by atoms with van der Waals surface area (Å²) in [5.41, 5.74) is -1.96. The van der Waals surface area contributed by atoms with E-state index < -0.39 is 46.3 Å². The average Bonchev–Trinajstić information content (AvgIpc) is 2.99. The maximum Gasteiger partial charge on any atom is 0.324 e. The van der Waals surface area contributed by atoms with E-state index in [-0.39, 0.29) is 13.0 Å². The Morgan fingerprint density at radius 3 is 1.85 bits per heavy atom. The average molecular weight is 628 g/mol. The van der Waals surface area contributed by atoms with E-state index in [0.29, 0.717) is 23.1 Å². The van der Waals surface area contributed by atoms with Gasteiger partial charge >= 0.3 is 11.9 Å². The van der Waals surface area contributed by atoms with E-state index in [2.05, 4.69) is 10.3 Å². The highest BCUT2D eigenvalue weighted by Gasteiger charge is 2.52. The van der Waals surface area contributed by atoms with Crippen LogP contribution in [0.5, 0.6) is 5.75 Å². The van der Waals surface area contributed by atoms with Crippen LogP contribution in [0.15, 0.2) is 77.6 Å². The predicted octanol–water partition coefficient (Wildman–Crippen LogP) is 6.19. The van der Waals surface area contributed by atoms with Crippen LogP contribution in [-0.4, -0.2) is 50.5 Å². The van der Waals surface area contributed by atoms with Gasteiger partial charge in [-0.1, -0.05) is 53.7 Å². The molecule has 0 N–H and O–H groups in total. The number of ketones is 1. The van der Waals surface area contributed by atoms with Gasteiger partial charge in [-0.15, -0.1) is 5.10 Å². The van der Waals surface area contributed by atoms with Crippen molar-refractivity contribution in [2.24, 2.45) is 5.41 Å². The van der Waals surface area contributed by atoms with E-state index in [0.717, 1.165) is 21.6 Å². The fourth-order valence-corrected chi connectivity index (χ4v) is 4.87. The summed E-state index contributed by atoms with van der Waals surface area (Å²) in [6, 6.07) is 21.3. The molecule has 0 fully saturated rings. The summed E-state index contributed by atoms with van der Waals surface area (Å²) in [5, 5.41) is 8.47. The largest absolute Gasteiger partial charge is 0.494 e. The zero-order valence-electron chi connectivity index (χ0n) is 27.5. The van der Waals surface area contributed by atoms with Crippen LogP contribution in [0.4, 0.5) is 0 Å². The molecular weight excluding hydrogens is 586 g/mol. The number of aryl methyl sites for hydroxylation is 1. The lowest BCUT2D eigenvalue weighted by atomic mass is 9.77. The number of aromatic nitrogens is 3. The van der Waals surface area contributed by atoms with Crippen LogP contribution in [0.1, 0.15) is 71.7 Å². The molecule has 242 valence electrons. The van der Waals surface area contributed by atoms with Gasteiger partial charge in [-0.05, 0) is 90.3 Å². The third-order valence-electron chi connectivity index (χ3n) is 7.13. The molecular formula is C36H41N3O7. The van der Waals surface area contributed by atoms with Crippen LogP contribution < -0.4 is 10.3 Å². The SMILES string of the molecule is CCOc1ccc(-c2ccc(C(=O)CC(CCn3nnc4ccccc4c3=O)(C(=O)OC(C)(C)C)C(=O)OC(C)(C)C)cc2)cc1. The van der Waals surface area contributed by atoms with Gasteiger partial charge in [-0.25, -0.2) is 4.68 Å². The van der Waals surface area contributed by atoms with Crippen LogP contribution in [0.25, 0.3) is 22.0 Å². The molecule has 0 aliphatic rings. The summed E-state index contributed by atoms with van der Waals surface area (Å²) in [6.45, 7) is 12.3. The summed E-state index contributed by atoms with van der Waals surface area (Å²) in [7, 11) is 0. The molecule has 0 aliphatic carbocycles. The van der Waals surface area contributed by atoms with Gasteiger partial charge in [-0.3, -0.25) is 19.2 Å². The molecule has 10 heteroatoms. The topological polar surface area (TPSA) is 127 Å². The van der Waals surface area contributed by atoms with Crippen LogP contribution in [-0.2, 0) is 25.6 Å². The molecule has 4 aromatic rings. The lowest BCUT2D eigenvalue weighted by molar-refractivity contribution is -0.186. The van der Waals surface area contributed by atoms with Crippen molar-refractivity contribution in [3.8, 4) is 16.9 Å². The Morgan fingerprint density at radius 2 is 1.30 bits per heavy atom. The van der Waals surface area contributed by atoms with Gasteiger partial charge in [0.05, 0.1) is 12.0 Å². The Kier molecular flexibility index (Phi) is 10.1. The Bertz CT molecular complexity index is 1740. The normalized spacial score (nSPS) is 12.1. The third-order valence-corrected chi connectivity index (χ3v) is 7.13. The number of fused-ring (bicyclic) bond motifs is 1. The first-order valence-electron chi connectivity index (χ1n) is 15.3. The van der Waals surface area contributed by atoms with Crippen molar-refractivity contribution < 1.29 is 28.6 Å². The number of hydrogen-bond donors (Lipinski definition) is 0. The first-order chi connectivity index (χ1) is 21.6. The molecule has 0 bridgehead atoms. The zero-order chi connectivity index (χ0) is 33.7. The quantitative estimate of drug-likeness (QED) is 0.109. The fourth-order valence-electron chi connectivity index (χ4n) is 4.87. The number of carbonyl (C=O) groups is 3. The van der Waals surface area contributed by atoms with Crippen LogP contribution in [0.3, 0.4) is 0 Å². The Balaban J connectivity index is 1.71. The Hall–Kier alpha value is -4.86. The number of Topliss-reactive ketones (excluding diaryl/α,β-unsaturated/α-hetero) is 1. The summed E-state index contributed by atoms with van der Waals surface area (Å²) >= 11 is 0. The second-order valence-corrected chi connectivity index (χ2v) is 13.1. The molecule has 0 amide bonds. The highest BCUT2D eigenvalue weighted by atomic mass is 16.6. The maximum atomic E-state index is 14.0. The van der Waals surface area contributed by atoms with Crippen LogP contribution in [0.2, 0.25) is 0 Å². The minimum absolute atomic E-state index is 0.195. The van der Waals surface area contributed by atoms with Gasteiger partial charge in [0.1, 0.15) is 22.5 Å². The number of ether oxygens (including phenoxy) is 3. The standard InChI is InChI=1S/C36H41N3O7/c1-8-44-27-19-17-25(18-20-27)24-13-15-26(16-14-24)30(40)23-36(32(42)45-34(2,3)4,33(43)46-35(5,6)7)21-22-39-31(41)28-11-9-10-12-29(28)37-38-39/h9-20H,8,21-23H2,1-7H3. The molecule has 1 heterocycles. The Morgan fingerprint density at radius 1 is 0.761 bits per heavy atom. The van der Waals surface area contributed by atoms with Crippen molar-refractivity contribution in [3.05, 3.63) is 88.7 Å². The van der Waals surface area contributed by atoms with Gasteiger partial charge in [0.15, 0.2) is 11.2 Å². The van der Waals surface area contributed by atoms with Crippen molar-refractivity contribution in [2.45, 2.75) is 79.1 Å². The molecule has 46 heavy (non-hydrogen) atoms. The zero-order valence-corrected chi connectivity index (χ0v) is 27.5. The van der Waals surface area contributed by atoms with E-state index in [4.69, 9.17) is 14.2 Å². The molecule has 0 unspecified atom stereocenters. The Labute approximate surface area is 268 Å². The molecule has 1 aromatic heterocycles. The van der Waals surface area contributed by atoms with E-state index in [1.54, 1.807) is 90.1 Å². The molecule has 3 aromatic carbocycles. The minimum Gasteiger partial charge on any atom is -0.494 e. The van der Waals surface area contributed by atoms with Gasteiger partial charge in [0, 0.05) is 18.5 Å². The monoisotopic (exact) mass is 627 g/mol. The second kappa shape index (κ2) is 13.6. The smallest absolute Gasteiger partial charge is 0.324 e. The van der Waals surface area contributed by atoms with E-state index >= 15 is 0 Å². The van der Waals surface area contributed by atoms with Gasteiger partial charge in [-0.2, -0.15) is 0 Å². The van der Waals surface area contributed by atoms with Gasteiger partial charge in [0.25, 0.3) is 5.56 Å². The van der Waals surface area contributed by atoms with Crippen molar-refractivity contribution in [1.29, 1.82) is 0 Å².